The minimum absolute atomic E-state index is 0.493. The van der Waals surface area contributed by atoms with Crippen molar-refractivity contribution in [2.24, 2.45) is 5.73 Å². The van der Waals surface area contributed by atoms with Crippen molar-refractivity contribution >= 4 is 17.2 Å². The van der Waals surface area contributed by atoms with Crippen molar-refractivity contribution in [3.63, 3.8) is 0 Å². The summed E-state index contributed by atoms with van der Waals surface area (Å²) in [5.74, 6) is 0. The summed E-state index contributed by atoms with van der Waals surface area (Å²) in [6.07, 6.45) is 0. The van der Waals surface area contributed by atoms with E-state index in [2.05, 4.69) is 35.9 Å². The molecule has 0 spiro atoms. The lowest BCUT2D eigenvalue weighted by atomic mass is 10.1. The Kier molecular flexibility index (Phi) is 4.32. The lowest BCUT2D eigenvalue weighted by molar-refractivity contribution is 0.0999. The molecule has 1 saturated heterocycles. The van der Waals surface area contributed by atoms with Crippen LogP contribution in [0, 0.1) is 0 Å². The van der Waals surface area contributed by atoms with Crippen LogP contribution in [-0.4, -0.2) is 47.5 Å². The third kappa shape index (κ3) is 3.07. The van der Waals surface area contributed by atoms with E-state index in [0.29, 0.717) is 11.0 Å². The second kappa shape index (κ2) is 5.78. The normalized spacial score (nSPS) is 22.0. The van der Waals surface area contributed by atoms with Crippen LogP contribution >= 0.6 is 12.2 Å². The van der Waals surface area contributed by atoms with Gasteiger partial charge in [0.15, 0.2) is 0 Å². The van der Waals surface area contributed by atoms with Gasteiger partial charge >= 0.3 is 0 Å². The molecule has 2 rings (SSSR count). The number of hydrogen-bond donors (Lipinski definition) is 1. The Hall–Kier alpha value is -0.970. The van der Waals surface area contributed by atoms with Gasteiger partial charge in [0.1, 0.15) is 4.99 Å². The Balaban J connectivity index is 2.08. The van der Waals surface area contributed by atoms with Crippen molar-refractivity contribution < 1.29 is 0 Å². The number of piperazine rings is 1. The van der Waals surface area contributed by atoms with Gasteiger partial charge in [-0.15, -0.1) is 0 Å². The number of rotatable bonds is 3. The monoisotopic (exact) mass is 263 g/mol. The fraction of sp³-hybridized carbons (Fsp3) is 0.500. The molecule has 1 fully saturated rings. The first-order valence-corrected chi connectivity index (χ1v) is 6.79. The van der Waals surface area contributed by atoms with Crippen LogP contribution in [0.3, 0.4) is 0 Å². The van der Waals surface area contributed by atoms with E-state index >= 15 is 0 Å². The number of thiocarbonyl (C=S) groups is 1. The van der Waals surface area contributed by atoms with Gasteiger partial charge in [0, 0.05) is 37.8 Å². The van der Waals surface area contributed by atoms with Crippen LogP contribution in [0.1, 0.15) is 18.1 Å². The van der Waals surface area contributed by atoms with E-state index in [1.165, 1.54) is 5.56 Å². The Morgan fingerprint density at radius 1 is 1.39 bits per heavy atom. The molecule has 1 atom stereocenters. The minimum atomic E-state index is 0.493. The molecule has 0 aliphatic carbocycles. The van der Waals surface area contributed by atoms with Gasteiger partial charge in [-0.1, -0.05) is 36.5 Å². The van der Waals surface area contributed by atoms with E-state index in [1.807, 2.05) is 12.1 Å². The number of nitrogens with two attached hydrogens (primary N) is 1. The van der Waals surface area contributed by atoms with Crippen molar-refractivity contribution in [1.29, 1.82) is 0 Å². The summed E-state index contributed by atoms with van der Waals surface area (Å²) in [4.78, 5) is 5.37. The Bertz CT molecular complexity index is 433. The largest absolute Gasteiger partial charge is 0.389 e. The molecular weight excluding hydrogens is 242 g/mol. The van der Waals surface area contributed by atoms with Crippen LogP contribution in [-0.2, 0) is 6.54 Å². The van der Waals surface area contributed by atoms with Crippen LogP contribution in [0.25, 0.3) is 0 Å². The third-order valence-corrected chi connectivity index (χ3v) is 3.94. The smallest absolute Gasteiger partial charge is 0.104 e. The summed E-state index contributed by atoms with van der Waals surface area (Å²) in [5, 5.41) is 0. The van der Waals surface area contributed by atoms with Gasteiger partial charge < -0.3 is 10.6 Å². The quantitative estimate of drug-likeness (QED) is 0.837. The molecule has 0 bridgehead atoms. The van der Waals surface area contributed by atoms with E-state index in [4.69, 9.17) is 18.0 Å². The summed E-state index contributed by atoms with van der Waals surface area (Å²) in [6.45, 7) is 6.53. The van der Waals surface area contributed by atoms with Crippen LogP contribution < -0.4 is 5.73 Å². The average molecular weight is 263 g/mol. The van der Waals surface area contributed by atoms with E-state index in [9.17, 15) is 0 Å². The van der Waals surface area contributed by atoms with Crippen molar-refractivity contribution in [1.82, 2.24) is 9.80 Å². The molecule has 4 heteroatoms. The number of nitrogens with zero attached hydrogens (tertiary/aromatic N) is 2. The highest BCUT2D eigenvalue weighted by atomic mass is 32.1. The summed E-state index contributed by atoms with van der Waals surface area (Å²) in [7, 11) is 2.19. The van der Waals surface area contributed by atoms with Crippen LogP contribution in [0.2, 0.25) is 0 Å². The van der Waals surface area contributed by atoms with Crippen molar-refractivity contribution in [2.45, 2.75) is 19.5 Å². The maximum atomic E-state index is 5.77. The Labute approximate surface area is 115 Å². The van der Waals surface area contributed by atoms with Crippen molar-refractivity contribution in [3.8, 4) is 0 Å². The zero-order chi connectivity index (χ0) is 13.1. The fourth-order valence-corrected chi connectivity index (χ4v) is 2.61. The second-order valence-corrected chi connectivity index (χ2v) is 5.53. The molecule has 1 heterocycles. The minimum Gasteiger partial charge on any atom is -0.389 e. The number of hydrogen-bond acceptors (Lipinski definition) is 3. The Morgan fingerprint density at radius 3 is 2.78 bits per heavy atom. The first-order valence-electron chi connectivity index (χ1n) is 6.38. The van der Waals surface area contributed by atoms with Crippen LogP contribution in [0.4, 0.5) is 0 Å². The Morgan fingerprint density at radius 2 is 2.11 bits per heavy atom. The first-order chi connectivity index (χ1) is 8.58. The van der Waals surface area contributed by atoms with E-state index < -0.39 is 0 Å². The summed E-state index contributed by atoms with van der Waals surface area (Å²) < 4.78 is 0. The molecule has 98 valence electrons. The molecule has 3 nitrogen and oxygen atoms in total. The molecule has 1 aliphatic rings. The molecule has 0 saturated carbocycles. The molecule has 1 aromatic rings. The highest BCUT2D eigenvalue weighted by Crippen LogP contribution is 2.15. The zero-order valence-electron chi connectivity index (χ0n) is 11.1. The zero-order valence-corrected chi connectivity index (χ0v) is 11.9. The lowest BCUT2D eigenvalue weighted by Gasteiger charge is -2.37. The second-order valence-electron chi connectivity index (χ2n) is 5.09. The molecule has 2 N–H and O–H groups in total. The number of likely N-dealkylation sites (N-methyl/N-ethyl adjacent to an activating group) is 1. The standard InChI is InChI=1S/C14H21N3S/c1-11-9-17(8-7-16(11)2)10-12-5-3-4-6-13(12)14(15)18/h3-6,11H,7-10H2,1-2H3,(H2,15,18). The molecule has 0 amide bonds. The maximum absolute atomic E-state index is 5.77. The van der Waals surface area contributed by atoms with Gasteiger partial charge in [-0.25, -0.2) is 0 Å². The lowest BCUT2D eigenvalue weighted by Crippen LogP contribution is -2.49. The molecule has 18 heavy (non-hydrogen) atoms. The third-order valence-electron chi connectivity index (χ3n) is 3.72. The molecule has 1 aliphatic heterocycles. The van der Waals surface area contributed by atoms with Gasteiger partial charge in [-0.2, -0.15) is 0 Å². The van der Waals surface area contributed by atoms with Gasteiger partial charge in [0.25, 0.3) is 0 Å². The maximum Gasteiger partial charge on any atom is 0.104 e. The molecular formula is C14H21N3S. The van der Waals surface area contributed by atoms with E-state index in [-0.39, 0.29) is 0 Å². The summed E-state index contributed by atoms with van der Waals surface area (Å²) in [6, 6.07) is 8.78. The highest BCUT2D eigenvalue weighted by Gasteiger charge is 2.21. The number of benzene rings is 1. The highest BCUT2D eigenvalue weighted by molar-refractivity contribution is 7.80. The molecule has 0 radical (unpaired) electrons. The molecule has 1 aromatic carbocycles. The summed E-state index contributed by atoms with van der Waals surface area (Å²) in [5.41, 5.74) is 8.02. The van der Waals surface area contributed by atoms with Gasteiger partial charge in [-0.3, -0.25) is 4.90 Å². The predicted molar refractivity (Wildman–Crippen MR) is 79.7 cm³/mol. The van der Waals surface area contributed by atoms with E-state index in [0.717, 1.165) is 31.7 Å². The van der Waals surface area contributed by atoms with Crippen molar-refractivity contribution in [3.05, 3.63) is 35.4 Å². The fourth-order valence-electron chi connectivity index (χ4n) is 2.41. The SMILES string of the molecule is CC1CN(Cc2ccccc2C(N)=S)CCN1C. The average Bonchev–Trinajstić information content (AvgIpc) is 2.34. The predicted octanol–water partition coefficient (Wildman–Crippen LogP) is 1.46. The van der Waals surface area contributed by atoms with Crippen LogP contribution in [0.15, 0.2) is 24.3 Å². The van der Waals surface area contributed by atoms with Crippen LogP contribution in [0.5, 0.6) is 0 Å². The topological polar surface area (TPSA) is 32.5 Å². The van der Waals surface area contributed by atoms with Gasteiger partial charge in [-0.05, 0) is 19.5 Å². The first kappa shape index (κ1) is 13.5. The van der Waals surface area contributed by atoms with Gasteiger partial charge in [0.05, 0.1) is 0 Å². The summed E-state index contributed by atoms with van der Waals surface area (Å²) >= 11 is 5.11. The molecule has 0 aromatic heterocycles. The molecule has 1 unspecified atom stereocenters. The van der Waals surface area contributed by atoms with Gasteiger partial charge in [0.2, 0.25) is 0 Å². The van der Waals surface area contributed by atoms with Crippen molar-refractivity contribution in [2.75, 3.05) is 26.7 Å². The van der Waals surface area contributed by atoms with E-state index in [1.54, 1.807) is 0 Å².